The molecule has 0 unspecified atom stereocenters. The second-order valence-electron chi connectivity index (χ2n) is 5.28. The minimum absolute atomic E-state index is 0.246. The SMILES string of the molecule is COc1ccc(-c2nc(C(C)C)nc(N)c2C)c(C)c1. The summed E-state index contributed by atoms with van der Waals surface area (Å²) in [6.45, 7) is 8.13. The summed E-state index contributed by atoms with van der Waals surface area (Å²) in [6, 6.07) is 5.96. The Morgan fingerprint density at radius 3 is 2.40 bits per heavy atom. The van der Waals surface area contributed by atoms with Crippen molar-refractivity contribution in [1.29, 1.82) is 0 Å². The Kier molecular flexibility index (Phi) is 3.93. The van der Waals surface area contributed by atoms with Crippen molar-refractivity contribution in [1.82, 2.24) is 9.97 Å². The number of aromatic nitrogens is 2. The highest BCUT2D eigenvalue weighted by Crippen LogP contribution is 2.30. The summed E-state index contributed by atoms with van der Waals surface area (Å²) in [7, 11) is 1.67. The first-order valence-corrected chi connectivity index (χ1v) is 6.73. The van der Waals surface area contributed by atoms with Crippen molar-refractivity contribution in [2.45, 2.75) is 33.6 Å². The van der Waals surface area contributed by atoms with Crippen molar-refractivity contribution in [3.63, 3.8) is 0 Å². The van der Waals surface area contributed by atoms with Gasteiger partial charge in [-0.3, -0.25) is 0 Å². The minimum Gasteiger partial charge on any atom is -0.497 e. The molecule has 0 spiro atoms. The van der Waals surface area contributed by atoms with Crippen molar-refractivity contribution in [3.05, 3.63) is 35.2 Å². The first-order valence-electron chi connectivity index (χ1n) is 6.73. The first kappa shape index (κ1) is 14.3. The molecule has 4 nitrogen and oxygen atoms in total. The van der Waals surface area contributed by atoms with E-state index in [1.165, 1.54) is 0 Å². The molecule has 0 fully saturated rings. The van der Waals surface area contributed by atoms with Crippen LogP contribution < -0.4 is 10.5 Å². The molecule has 20 heavy (non-hydrogen) atoms. The Morgan fingerprint density at radius 2 is 1.85 bits per heavy atom. The molecule has 0 saturated heterocycles. The third-order valence-corrected chi connectivity index (χ3v) is 3.41. The number of nitrogens with two attached hydrogens (primary N) is 1. The van der Waals surface area contributed by atoms with Crippen LogP contribution in [-0.4, -0.2) is 17.1 Å². The summed E-state index contributed by atoms with van der Waals surface area (Å²) in [4.78, 5) is 9.05. The van der Waals surface area contributed by atoms with Gasteiger partial charge >= 0.3 is 0 Å². The summed E-state index contributed by atoms with van der Waals surface area (Å²) < 4.78 is 5.24. The van der Waals surface area contributed by atoms with E-state index in [-0.39, 0.29) is 5.92 Å². The van der Waals surface area contributed by atoms with Gasteiger partial charge in [0.25, 0.3) is 0 Å². The Bertz CT molecular complexity index is 636. The highest BCUT2D eigenvalue weighted by molar-refractivity contribution is 5.71. The van der Waals surface area contributed by atoms with Gasteiger partial charge in [-0.2, -0.15) is 0 Å². The average Bonchev–Trinajstić information content (AvgIpc) is 2.41. The molecule has 2 aromatic rings. The zero-order valence-electron chi connectivity index (χ0n) is 12.7. The Morgan fingerprint density at radius 1 is 1.15 bits per heavy atom. The van der Waals surface area contributed by atoms with Gasteiger partial charge in [0.05, 0.1) is 12.8 Å². The van der Waals surface area contributed by atoms with Crippen molar-refractivity contribution in [2.24, 2.45) is 0 Å². The minimum atomic E-state index is 0.246. The molecule has 0 atom stereocenters. The Labute approximate surface area is 120 Å². The van der Waals surface area contributed by atoms with Crippen LogP contribution in [0.3, 0.4) is 0 Å². The fourth-order valence-electron chi connectivity index (χ4n) is 2.10. The van der Waals surface area contributed by atoms with E-state index in [1.54, 1.807) is 7.11 Å². The largest absolute Gasteiger partial charge is 0.497 e. The molecule has 1 aromatic carbocycles. The molecule has 0 bridgehead atoms. The van der Waals surface area contributed by atoms with Crippen LogP contribution >= 0.6 is 0 Å². The van der Waals surface area contributed by atoms with Crippen molar-refractivity contribution in [2.75, 3.05) is 12.8 Å². The van der Waals surface area contributed by atoms with E-state index in [1.807, 2.05) is 32.0 Å². The molecule has 0 radical (unpaired) electrons. The standard InChI is InChI=1S/C16H21N3O/c1-9(2)16-18-14(11(4)15(17)19-16)13-7-6-12(20-5)8-10(13)3/h6-9H,1-5H3,(H2,17,18,19). The van der Waals surface area contributed by atoms with Crippen LogP contribution in [0.4, 0.5) is 5.82 Å². The number of hydrogen-bond acceptors (Lipinski definition) is 4. The number of methoxy groups -OCH3 is 1. The van der Waals surface area contributed by atoms with Crippen LogP contribution in [0.15, 0.2) is 18.2 Å². The number of anilines is 1. The second-order valence-corrected chi connectivity index (χ2v) is 5.28. The third kappa shape index (κ3) is 2.59. The topological polar surface area (TPSA) is 61.0 Å². The van der Waals surface area contributed by atoms with E-state index in [0.717, 1.165) is 34.0 Å². The summed E-state index contributed by atoms with van der Waals surface area (Å²) in [6.07, 6.45) is 0. The van der Waals surface area contributed by atoms with Gasteiger partial charge in [-0.15, -0.1) is 0 Å². The molecule has 106 valence electrons. The molecule has 0 aliphatic carbocycles. The van der Waals surface area contributed by atoms with Gasteiger partial charge in [0.15, 0.2) is 0 Å². The number of aryl methyl sites for hydroxylation is 1. The highest BCUT2D eigenvalue weighted by Gasteiger charge is 2.14. The molecule has 2 N–H and O–H groups in total. The van der Waals surface area contributed by atoms with E-state index in [4.69, 9.17) is 10.5 Å². The van der Waals surface area contributed by atoms with Crippen LogP contribution in [0.1, 0.15) is 36.7 Å². The predicted molar refractivity (Wildman–Crippen MR) is 82.0 cm³/mol. The average molecular weight is 271 g/mol. The highest BCUT2D eigenvalue weighted by atomic mass is 16.5. The van der Waals surface area contributed by atoms with Gasteiger partial charge in [-0.05, 0) is 37.6 Å². The Hall–Kier alpha value is -2.10. The zero-order chi connectivity index (χ0) is 14.9. The zero-order valence-corrected chi connectivity index (χ0v) is 12.7. The van der Waals surface area contributed by atoms with Crippen molar-refractivity contribution >= 4 is 5.82 Å². The quantitative estimate of drug-likeness (QED) is 0.928. The molecule has 0 saturated carbocycles. The van der Waals surface area contributed by atoms with Crippen molar-refractivity contribution in [3.8, 4) is 17.0 Å². The van der Waals surface area contributed by atoms with E-state index >= 15 is 0 Å². The molecule has 0 aliphatic rings. The molecule has 2 rings (SSSR count). The number of nitrogen functional groups attached to an aromatic ring is 1. The lowest BCUT2D eigenvalue weighted by atomic mass is 10.0. The van der Waals surface area contributed by atoms with E-state index in [0.29, 0.717) is 5.82 Å². The maximum Gasteiger partial charge on any atom is 0.133 e. The maximum atomic E-state index is 6.03. The van der Waals surface area contributed by atoms with Crippen LogP contribution in [0, 0.1) is 13.8 Å². The van der Waals surface area contributed by atoms with Crippen molar-refractivity contribution < 1.29 is 4.74 Å². The summed E-state index contributed by atoms with van der Waals surface area (Å²) in [5.41, 5.74) is 10.0. The smallest absolute Gasteiger partial charge is 0.133 e. The monoisotopic (exact) mass is 271 g/mol. The number of ether oxygens (including phenoxy) is 1. The molecular formula is C16H21N3O. The van der Waals surface area contributed by atoms with Gasteiger partial charge in [-0.25, -0.2) is 9.97 Å². The van der Waals surface area contributed by atoms with Gasteiger partial charge in [0.2, 0.25) is 0 Å². The van der Waals surface area contributed by atoms with Gasteiger partial charge in [0.1, 0.15) is 17.4 Å². The molecule has 0 amide bonds. The molecule has 1 heterocycles. The number of hydrogen-bond donors (Lipinski definition) is 1. The van der Waals surface area contributed by atoms with E-state index in [9.17, 15) is 0 Å². The lowest BCUT2D eigenvalue weighted by Gasteiger charge is -2.14. The second kappa shape index (κ2) is 5.49. The van der Waals surface area contributed by atoms with Crippen LogP contribution in [-0.2, 0) is 0 Å². The predicted octanol–water partition coefficient (Wildman–Crippen LogP) is 3.47. The van der Waals surface area contributed by atoms with Gasteiger partial charge in [-0.1, -0.05) is 13.8 Å². The summed E-state index contributed by atoms with van der Waals surface area (Å²) in [5, 5.41) is 0. The molecule has 1 aromatic heterocycles. The first-order chi connectivity index (χ1) is 9.43. The van der Waals surface area contributed by atoms with Crippen LogP contribution in [0.25, 0.3) is 11.3 Å². The van der Waals surface area contributed by atoms with Gasteiger partial charge < -0.3 is 10.5 Å². The third-order valence-electron chi connectivity index (χ3n) is 3.41. The Balaban J connectivity index is 2.62. The van der Waals surface area contributed by atoms with Gasteiger partial charge in [0, 0.05) is 17.0 Å². The molecular weight excluding hydrogens is 250 g/mol. The lowest BCUT2D eigenvalue weighted by Crippen LogP contribution is -2.06. The number of benzene rings is 1. The van der Waals surface area contributed by atoms with E-state index in [2.05, 4.69) is 23.8 Å². The summed E-state index contributed by atoms with van der Waals surface area (Å²) in [5.74, 6) is 2.41. The maximum absolute atomic E-state index is 6.03. The van der Waals surface area contributed by atoms with E-state index < -0.39 is 0 Å². The fraction of sp³-hybridized carbons (Fsp3) is 0.375. The molecule has 4 heteroatoms. The number of nitrogens with zero attached hydrogens (tertiary/aromatic N) is 2. The normalized spacial score (nSPS) is 10.9. The van der Waals surface area contributed by atoms with Crippen LogP contribution in [0.2, 0.25) is 0 Å². The molecule has 0 aliphatic heterocycles. The number of rotatable bonds is 3. The summed E-state index contributed by atoms with van der Waals surface area (Å²) >= 11 is 0. The lowest BCUT2D eigenvalue weighted by molar-refractivity contribution is 0.414. The van der Waals surface area contributed by atoms with Crippen LogP contribution in [0.5, 0.6) is 5.75 Å². The fourth-order valence-corrected chi connectivity index (χ4v) is 2.10.